The van der Waals surface area contributed by atoms with Crippen LogP contribution in [0, 0.1) is 17.2 Å². The lowest BCUT2D eigenvalue weighted by Crippen LogP contribution is -2.54. The Bertz CT molecular complexity index is 1320. The number of hydrogen-bond donors (Lipinski definition) is 2. The molecule has 188 valence electrons. The van der Waals surface area contributed by atoms with Gasteiger partial charge in [-0.05, 0) is 55.3 Å². The SMILES string of the molecule is CC(C)c1ccc(N2C[C@H](C#N)[C@H]2C)c2cnc(Nc3ccnc(N4CC[C@@](C)(O)[C@@H](F)C4)n3)cc12. The number of hydrogen-bond acceptors (Lipinski definition) is 8. The summed E-state index contributed by atoms with van der Waals surface area (Å²) in [6.45, 7) is 9.21. The zero-order chi connectivity index (χ0) is 25.6. The van der Waals surface area contributed by atoms with Crippen LogP contribution >= 0.6 is 0 Å². The Morgan fingerprint density at radius 1 is 1.19 bits per heavy atom. The lowest BCUT2D eigenvalue weighted by Gasteiger charge is -2.45. The minimum atomic E-state index is -1.37. The smallest absolute Gasteiger partial charge is 0.227 e. The van der Waals surface area contributed by atoms with Crippen molar-refractivity contribution in [3.63, 3.8) is 0 Å². The third-order valence-corrected chi connectivity index (χ3v) is 7.60. The standard InChI is InChI=1S/C27H32FN7O/c1-16(2)19-5-6-22(35-14-18(12-29)17(35)3)21-13-31-25(11-20(19)21)32-24-7-9-30-26(33-24)34-10-8-27(4,36)23(28)15-34/h5-7,9,11,13,16-18,23,36H,8,10,14-15H2,1-4H3,(H,30,31,32,33)/t17-,18+,23+,27-/m1/s1. The summed E-state index contributed by atoms with van der Waals surface area (Å²) in [6.07, 6.45) is 2.47. The van der Waals surface area contributed by atoms with Gasteiger partial charge in [0, 0.05) is 42.6 Å². The van der Waals surface area contributed by atoms with E-state index in [4.69, 9.17) is 0 Å². The summed E-state index contributed by atoms with van der Waals surface area (Å²) in [5, 5.41) is 24.9. The summed E-state index contributed by atoms with van der Waals surface area (Å²) in [4.78, 5) is 17.6. The molecule has 0 radical (unpaired) electrons. The number of pyridine rings is 1. The Labute approximate surface area is 210 Å². The maximum Gasteiger partial charge on any atom is 0.227 e. The number of anilines is 4. The molecule has 2 aromatic heterocycles. The second kappa shape index (κ2) is 9.17. The van der Waals surface area contributed by atoms with Crippen LogP contribution in [-0.2, 0) is 0 Å². The molecule has 9 heteroatoms. The third kappa shape index (κ3) is 4.30. The maximum absolute atomic E-state index is 14.4. The fourth-order valence-electron chi connectivity index (χ4n) is 5.03. The average molecular weight is 490 g/mol. The lowest BCUT2D eigenvalue weighted by molar-refractivity contribution is -0.0332. The minimum Gasteiger partial charge on any atom is -0.387 e. The van der Waals surface area contributed by atoms with Gasteiger partial charge >= 0.3 is 0 Å². The predicted octanol–water partition coefficient (Wildman–Crippen LogP) is 4.54. The van der Waals surface area contributed by atoms with E-state index in [0.717, 1.165) is 23.0 Å². The van der Waals surface area contributed by atoms with Gasteiger partial charge in [-0.15, -0.1) is 0 Å². The molecule has 36 heavy (non-hydrogen) atoms. The summed E-state index contributed by atoms with van der Waals surface area (Å²) >= 11 is 0. The van der Waals surface area contributed by atoms with Gasteiger partial charge in [-0.25, -0.2) is 14.4 Å². The summed E-state index contributed by atoms with van der Waals surface area (Å²) in [5.41, 5.74) is 0.998. The van der Waals surface area contributed by atoms with E-state index in [1.165, 1.54) is 12.5 Å². The first-order chi connectivity index (χ1) is 17.2. The Morgan fingerprint density at radius 2 is 2.00 bits per heavy atom. The second-order valence-corrected chi connectivity index (χ2v) is 10.5. The van der Waals surface area contributed by atoms with E-state index >= 15 is 0 Å². The molecule has 4 heterocycles. The first kappa shape index (κ1) is 24.2. The van der Waals surface area contributed by atoms with Crippen LogP contribution in [0.15, 0.2) is 36.7 Å². The van der Waals surface area contributed by atoms with Crippen LogP contribution in [-0.4, -0.2) is 57.5 Å². The van der Waals surface area contributed by atoms with Crippen LogP contribution < -0.4 is 15.1 Å². The number of piperidine rings is 1. The molecule has 2 aliphatic rings. The molecule has 1 aromatic carbocycles. The van der Waals surface area contributed by atoms with Crippen molar-refractivity contribution in [1.29, 1.82) is 5.26 Å². The van der Waals surface area contributed by atoms with E-state index in [0.29, 0.717) is 36.5 Å². The van der Waals surface area contributed by atoms with Crippen molar-refractivity contribution in [2.45, 2.75) is 57.8 Å². The molecular formula is C27H32FN7O. The molecule has 0 unspecified atom stereocenters. The average Bonchev–Trinajstić information content (AvgIpc) is 2.85. The number of aromatic nitrogens is 3. The Morgan fingerprint density at radius 3 is 2.69 bits per heavy atom. The predicted molar refractivity (Wildman–Crippen MR) is 139 cm³/mol. The normalized spacial score (nSPS) is 26.1. The number of halogens is 1. The first-order valence-electron chi connectivity index (χ1n) is 12.5. The molecule has 8 nitrogen and oxygen atoms in total. The number of nitrogens with one attached hydrogen (secondary N) is 1. The topological polar surface area (TPSA) is 101 Å². The van der Waals surface area contributed by atoms with E-state index in [1.54, 1.807) is 17.2 Å². The molecule has 2 N–H and O–H groups in total. The molecule has 0 bridgehead atoms. The van der Waals surface area contributed by atoms with Crippen molar-refractivity contribution in [3.8, 4) is 6.07 Å². The van der Waals surface area contributed by atoms with E-state index in [9.17, 15) is 14.8 Å². The zero-order valence-electron chi connectivity index (χ0n) is 21.1. The number of fused-ring (bicyclic) bond motifs is 1. The summed E-state index contributed by atoms with van der Waals surface area (Å²) < 4.78 is 14.4. The quantitative estimate of drug-likeness (QED) is 0.539. The highest BCUT2D eigenvalue weighted by Gasteiger charge is 2.39. The number of nitriles is 1. The summed E-state index contributed by atoms with van der Waals surface area (Å²) in [6, 6.07) is 10.7. The van der Waals surface area contributed by atoms with Crippen molar-refractivity contribution in [2.24, 2.45) is 5.92 Å². The van der Waals surface area contributed by atoms with Crippen LogP contribution in [0.4, 0.5) is 27.7 Å². The molecule has 2 saturated heterocycles. The van der Waals surface area contributed by atoms with Gasteiger partial charge in [0.25, 0.3) is 0 Å². The van der Waals surface area contributed by atoms with Crippen LogP contribution in [0.25, 0.3) is 10.8 Å². The van der Waals surface area contributed by atoms with Gasteiger partial charge in [0.1, 0.15) is 17.8 Å². The van der Waals surface area contributed by atoms with Crippen LogP contribution in [0.1, 0.15) is 45.6 Å². The molecule has 2 fully saturated rings. The third-order valence-electron chi connectivity index (χ3n) is 7.60. The number of nitrogens with zero attached hydrogens (tertiary/aromatic N) is 6. The van der Waals surface area contributed by atoms with Gasteiger partial charge in [0.05, 0.1) is 24.1 Å². The van der Waals surface area contributed by atoms with E-state index < -0.39 is 11.8 Å². The Hall–Kier alpha value is -3.51. The fraction of sp³-hybridized carbons (Fsp3) is 0.481. The van der Waals surface area contributed by atoms with Crippen molar-refractivity contribution in [2.75, 3.05) is 34.8 Å². The van der Waals surface area contributed by atoms with Gasteiger partial charge in [0.15, 0.2) is 0 Å². The number of aliphatic hydroxyl groups is 1. The zero-order valence-corrected chi connectivity index (χ0v) is 21.1. The van der Waals surface area contributed by atoms with Crippen molar-refractivity contribution in [1.82, 2.24) is 15.0 Å². The monoisotopic (exact) mass is 489 g/mol. The number of benzene rings is 1. The van der Waals surface area contributed by atoms with E-state index in [-0.39, 0.29) is 18.5 Å². The molecule has 4 atom stereocenters. The molecule has 3 aromatic rings. The first-order valence-corrected chi connectivity index (χ1v) is 12.5. The molecule has 0 aliphatic carbocycles. The molecule has 2 aliphatic heterocycles. The van der Waals surface area contributed by atoms with E-state index in [2.05, 4.69) is 64.1 Å². The number of rotatable bonds is 5. The highest BCUT2D eigenvalue weighted by Crippen LogP contribution is 2.39. The fourth-order valence-corrected chi connectivity index (χ4v) is 5.03. The maximum atomic E-state index is 14.4. The minimum absolute atomic E-state index is 0.0457. The molecule has 0 spiro atoms. The Kier molecular flexibility index (Phi) is 6.17. The van der Waals surface area contributed by atoms with Crippen LogP contribution in [0.3, 0.4) is 0 Å². The largest absolute Gasteiger partial charge is 0.387 e. The molecular weight excluding hydrogens is 457 g/mol. The van der Waals surface area contributed by atoms with Gasteiger partial charge < -0.3 is 20.2 Å². The molecule has 5 rings (SSSR count). The second-order valence-electron chi connectivity index (χ2n) is 10.5. The number of alkyl halides is 1. The van der Waals surface area contributed by atoms with Crippen molar-refractivity contribution in [3.05, 3.63) is 42.2 Å². The van der Waals surface area contributed by atoms with Gasteiger partial charge in [0.2, 0.25) is 5.95 Å². The Balaban J connectivity index is 1.43. The highest BCUT2D eigenvalue weighted by atomic mass is 19.1. The van der Waals surface area contributed by atoms with Gasteiger partial charge in [-0.1, -0.05) is 19.9 Å². The lowest BCUT2D eigenvalue weighted by atomic mass is 9.88. The summed E-state index contributed by atoms with van der Waals surface area (Å²) in [7, 11) is 0. The van der Waals surface area contributed by atoms with Crippen molar-refractivity contribution < 1.29 is 9.50 Å². The van der Waals surface area contributed by atoms with Crippen LogP contribution in [0.5, 0.6) is 0 Å². The molecule has 0 saturated carbocycles. The van der Waals surface area contributed by atoms with Gasteiger partial charge in [-0.3, -0.25) is 0 Å². The van der Waals surface area contributed by atoms with Crippen molar-refractivity contribution >= 4 is 34.0 Å². The molecule has 0 amide bonds. The summed E-state index contributed by atoms with van der Waals surface area (Å²) in [5.74, 6) is 2.01. The van der Waals surface area contributed by atoms with Gasteiger partial charge in [-0.2, -0.15) is 10.2 Å². The van der Waals surface area contributed by atoms with Crippen LogP contribution in [0.2, 0.25) is 0 Å². The highest BCUT2D eigenvalue weighted by molar-refractivity contribution is 5.98. The van der Waals surface area contributed by atoms with E-state index in [1.807, 2.05) is 12.3 Å².